The van der Waals surface area contributed by atoms with Crippen LogP contribution in [0.5, 0.6) is 0 Å². The van der Waals surface area contributed by atoms with E-state index in [1.807, 2.05) is 0 Å². The van der Waals surface area contributed by atoms with E-state index in [0.717, 1.165) is 0 Å². The second-order valence-corrected chi connectivity index (χ2v) is 5.63. The fraction of sp³-hybridized carbons (Fsp3) is 0.364. The highest BCUT2D eigenvalue weighted by molar-refractivity contribution is 7.91. The van der Waals surface area contributed by atoms with Crippen LogP contribution in [0.3, 0.4) is 0 Å². The van der Waals surface area contributed by atoms with Crippen molar-refractivity contribution >= 4 is 15.7 Å². The number of carbonyl (C=O) groups excluding carboxylic acids is 1. The molecule has 0 bridgehead atoms. The SMILES string of the molecule is CCS(=O)(=O)c1ccccc1C(=O)NCCO. The minimum absolute atomic E-state index is 0.0259. The van der Waals surface area contributed by atoms with Crippen molar-refractivity contribution in [3.8, 4) is 0 Å². The van der Waals surface area contributed by atoms with Crippen molar-refractivity contribution in [2.45, 2.75) is 11.8 Å². The van der Waals surface area contributed by atoms with Gasteiger partial charge in [0.25, 0.3) is 5.91 Å². The Bertz CT molecular complexity index is 496. The van der Waals surface area contributed by atoms with E-state index in [4.69, 9.17) is 5.11 Å². The van der Waals surface area contributed by atoms with Crippen LogP contribution in [0.2, 0.25) is 0 Å². The highest BCUT2D eigenvalue weighted by Gasteiger charge is 2.19. The summed E-state index contributed by atoms with van der Waals surface area (Å²) in [5.41, 5.74) is 0.114. The van der Waals surface area contributed by atoms with Gasteiger partial charge in [-0.15, -0.1) is 0 Å². The summed E-state index contributed by atoms with van der Waals surface area (Å²) in [5.74, 6) is -0.552. The summed E-state index contributed by atoms with van der Waals surface area (Å²) < 4.78 is 23.5. The van der Waals surface area contributed by atoms with Crippen molar-refractivity contribution in [2.75, 3.05) is 18.9 Å². The van der Waals surface area contributed by atoms with Gasteiger partial charge in [0.2, 0.25) is 0 Å². The summed E-state index contributed by atoms with van der Waals surface area (Å²) >= 11 is 0. The molecule has 5 nitrogen and oxygen atoms in total. The van der Waals surface area contributed by atoms with Gasteiger partial charge in [0.05, 0.1) is 22.8 Å². The third-order valence-corrected chi connectivity index (χ3v) is 4.03. The molecule has 0 atom stereocenters. The van der Waals surface area contributed by atoms with Crippen LogP contribution in [0.25, 0.3) is 0 Å². The van der Waals surface area contributed by atoms with Crippen LogP contribution >= 0.6 is 0 Å². The van der Waals surface area contributed by atoms with Crippen molar-refractivity contribution < 1.29 is 18.3 Å². The van der Waals surface area contributed by atoms with Gasteiger partial charge in [-0.05, 0) is 12.1 Å². The van der Waals surface area contributed by atoms with E-state index in [9.17, 15) is 13.2 Å². The molecule has 0 heterocycles. The van der Waals surface area contributed by atoms with Gasteiger partial charge in [-0.3, -0.25) is 4.79 Å². The van der Waals surface area contributed by atoms with Gasteiger partial charge in [0.15, 0.2) is 9.84 Å². The summed E-state index contributed by atoms with van der Waals surface area (Å²) in [6.45, 7) is 1.44. The van der Waals surface area contributed by atoms with E-state index in [2.05, 4.69) is 5.32 Å². The maximum Gasteiger partial charge on any atom is 0.252 e. The van der Waals surface area contributed by atoms with Gasteiger partial charge in [-0.25, -0.2) is 8.42 Å². The Hall–Kier alpha value is -1.40. The van der Waals surface area contributed by atoms with Crippen LogP contribution in [0.4, 0.5) is 0 Å². The fourth-order valence-electron chi connectivity index (χ4n) is 1.35. The average Bonchev–Trinajstić information content (AvgIpc) is 2.36. The van der Waals surface area contributed by atoms with Crippen molar-refractivity contribution in [3.05, 3.63) is 29.8 Å². The lowest BCUT2D eigenvalue weighted by Crippen LogP contribution is -2.28. The Morgan fingerprint density at radius 1 is 1.35 bits per heavy atom. The van der Waals surface area contributed by atoms with Crippen molar-refractivity contribution in [2.24, 2.45) is 0 Å². The van der Waals surface area contributed by atoms with E-state index in [1.165, 1.54) is 19.1 Å². The first-order valence-corrected chi connectivity index (χ1v) is 6.89. The zero-order chi connectivity index (χ0) is 12.9. The number of carbonyl (C=O) groups is 1. The molecule has 0 aromatic heterocycles. The van der Waals surface area contributed by atoms with Crippen molar-refractivity contribution in [1.82, 2.24) is 5.32 Å². The first-order valence-electron chi connectivity index (χ1n) is 5.23. The van der Waals surface area contributed by atoms with Crippen molar-refractivity contribution in [3.63, 3.8) is 0 Å². The molecule has 0 saturated heterocycles. The minimum atomic E-state index is -3.42. The predicted octanol–water partition coefficient (Wildman–Crippen LogP) is 0.202. The first-order chi connectivity index (χ1) is 8.03. The summed E-state index contributed by atoms with van der Waals surface area (Å²) in [5, 5.41) is 11.0. The van der Waals surface area contributed by atoms with E-state index in [0.29, 0.717) is 0 Å². The first kappa shape index (κ1) is 13.7. The van der Waals surface area contributed by atoms with Gasteiger partial charge in [0.1, 0.15) is 0 Å². The highest BCUT2D eigenvalue weighted by atomic mass is 32.2. The summed E-state index contributed by atoms with van der Waals surface area (Å²) in [6.07, 6.45) is 0. The zero-order valence-corrected chi connectivity index (χ0v) is 10.3. The maximum absolute atomic E-state index is 11.8. The third-order valence-electron chi connectivity index (χ3n) is 2.24. The molecular weight excluding hydrogens is 242 g/mol. The Kier molecular flexibility index (Phi) is 4.65. The van der Waals surface area contributed by atoms with Crippen LogP contribution in [-0.2, 0) is 9.84 Å². The molecule has 1 aromatic rings. The number of benzene rings is 1. The average molecular weight is 257 g/mol. The predicted molar refractivity (Wildman–Crippen MR) is 63.6 cm³/mol. The minimum Gasteiger partial charge on any atom is -0.395 e. The third kappa shape index (κ3) is 3.28. The molecule has 6 heteroatoms. The molecule has 0 aliphatic heterocycles. The molecule has 0 fully saturated rings. The Balaban J connectivity index is 3.13. The second kappa shape index (κ2) is 5.79. The largest absolute Gasteiger partial charge is 0.395 e. The van der Waals surface area contributed by atoms with Gasteiger partial charge >= 0.3 is 0 Å². The second-order valence-electron chi connectivity index (χ2n) is 3.38. The van der Waals surface area contributed by atoms with Gasteiger partial charge in [-0.2, -0.15) is 0 Å². The summed E-state index contributed by atoms with van der Waals surface area (Å²) in [4.78, 5) is 11.7. The maximum atomic E-state index is 11.8. The number of hydrogen-bond donors (Lipinski definition) is 2. The van der Waals surface area contributed by atoms with E-state index in [-0.39, 0.29) is 29.4 Å². The Morgan fingerprint density at radius 2 is 2.00 bits per heavy atom. The Labute approximate surface area is 100 Å². The number of amides is 1. The van der Waals surface area contributed by atoms with Crippen LogP contribution in [0, 0.1) is 0 Å². The number of nitrogens with one attached hydrogen (secondary N) is 1. The quantitative estimate of drug-likeness (QED) is 0.789. The molecular formula is C11H15NO4S. The number of aliphatic hydroxyl groups excluding tert-OH is 1. The van der Waals surface area contributed by atoms with Gasteiger partial charge in [0, 0.05) is 6.54 Å². The van der Waals surface area contributed by atoms with Crippen LogP contribution in [0.15, 0.2) is 29.2 Å². The normalized spacial score (nSPS) is 11.2. The van der Waals surface area contributed by atoms with Gasteiger partial charge < -0.3 is 10.4 Å². The van der Waals surface area contributed by atoms with Crippen molar-refractivity contribution in [1.29, 1.82) is 0 Å². The van der Waals surface area contributed by atoms with Crippen LogP contribution in [-0.4, -0.2) is 38.3 Å². The van der Waals surface area contributed by atoms with E-state index < -0.39 is 15.7 Å². The Morgan fingerprint density at radius 3 is 2.59 bits per heavy atom. The molecule has 1 rings (SSSR count). The molecule has 2 N–H and O–H groups in total. The lowest BCUT2D eigenvalue weighted by atomic mass is 10.2. The molecule has 0 radical (unpaired) electrons. The fourth-order valence-corrected chi connectivity index (χ4v) is 2.44. The number of sulfone groups is 1. The standard InChI is InChI=1S/C11H15NO4S/c1-2-17(15,16)10-6-4-3-5-9(10)11(14)12-7-8-13/h3-6,13H,2,7-8H2,1H3,(H,12,14). The molecule has 1 amide bonds. The summed E-state index contributed by atoms with van der Waals surface area (Å²) in [6, 6.07) is 6.04. The molecule has 0 spiro atoms. The van der Waals surface area contributed by atoms with E-state index >= 15 is 0 Å². The number of rotatable bonds is 5. The van der Waals surface area contributed by atoms with Crippen LogP contribution < -0.4 is 5.32 Å². The van der Waals surface area contributed by atoms with Gasteiger partial charge in [-0.1, -0.05) is 19.1 Å². The van der Waals surface area contributed by atoms with Crippen LogP contribution in [0.1, 0.15) is 17.3 Å². The molecule has 1 aromatic carbocycles. The monoisotopic (exact) mass is 257 g/mol. The molecule has 0 unspecified atom stereocenters. The lowest BCUT2D eigenvalue weighted by molar-refractivity contribution is 0.0941. The number of aliphatic hydroxyl groups is 1. The topological polar surface area (TPSA) is 83.5 Å². The zero-order valence-electron chi connectivity index (χ0n) is 9.51. The smallest absolute Gasteiger partial charge is 0.252 e. The number of hydrogen-bond acceptors (Lipinski definition) is 4. The molecule has 17 heavy (non-hydrogen) atoms. The molecule has 0 aliphatic rings. The molecule has 94 valence electrons. The highest BCUT2D eigenvalue weighted by Crippen LogP contribution is 2.16. The summed E-state index contributed by atoms with van der Waals surface area (Å²) in [7, 11) is -3.42. The van der Waals surface area contributed by atoms with E-state index in [1.54, 1.807) is 12.1 Å². The lowest BCUT2D eigenvalue weighted by Gasteiger charge is -2.09. The molecule has 0 aliphatic carbocycles. The molecule has 0 saturated carbocycles.